The molecule has 0 bridgehead atoms. The van der Waals surface area contributed by atoms with Crippen molar-refractivity contribution in [3.8, 4) is 0 Å². The third-order valence-electron chi connectivity index (χ3n) is 8.56. The summed E-state index contributed by atoms with van der Waals surface area (Å²) < 4.78 is 5.56. The van der Waals surface area contributed by atoms with Gasteiger partial charge in [-0.3, -0.25) is 4.79 Å². The number of unbranched alkanes of at least 4 members (excludes halogenated alkanes) is 26. The first-order chi connectivity index (χ1) is 19.7. The number of ether oxygens (including phenoxy) is 1. The molecule has 0 radical (unpaired) electrons. The van der Waals surface area contributed by atoms with E-state index in [0.717, 1.165) is 18.4 Å². The molecule has 2 nitrogen and oxygen atoms in total. The lowest BCUT2D eigenvalue weighted by atomic mass is 10.0. The van der Waals surface area contributed by atoms with Gasteiger partial charge in [-0.05, 0) is 18.9 Å². The van der Waals surface area contributed by atoms with Crippen molar-refractivity contribution in [1.82, 2.24) is 0 Å². The molecule has 1 aromatic carbocycles. The molecule has 0 aliphatic rings. The fraction of sp³-hybridized carbons (Fsp3) is 0.816. The van der Waals surface area contributed by atoms with Gasteiger partial charge in [-0.15, -0.1) is 0 Å². The molecule has 1 rings (SSSR count). The van der Waals surface area contributed by atoms with Crippen molar-refractivity contribution in [2.24, 2.45) is 0 Å². The van der Waals surface area contributed by atoms with E-state index in [1.54, 1.807) is 0 Å². The molecule has 1 unspecified atom stereocenters. The van der Waals surface area contributed by atoms with Gasteiger partial charge in [0, 0.05) is 6.42 Å². The molecule has 0 N–H and O–H groups in total. The molecule has 0 aliphatic heterocycles. The largest absolute Gasteiger partial charge is 0.458 e. The highest BCUT2D eigenvalue weighted by molar-refractivity contribution is 5.69. The normalized spacial score (nSPS) is 12.1. The average Bonchev–Trinajstić information content (AvgIpc) is 2.97. The summed E-state index contributed by atoms with van der Waals surface area (Å²) in [5.74, 6) is -0.0593. The summed E-state index contributed by atoms with van der Waals surface area (Å²) in [6, 6.07) is 9.99. The highest BCUT2D eigenvalue weighted by Gasteiger charge is 2.10. The number of hydrogen-bond donors (Lipinski definition) is 0. The van der Waals surface area contributed by atoms with Crippen LogP contribution in [-0.2, 0) is 9.53 Å². The van der Waals surface area contributed by atoms with Crippen LogP contribution >= 0.6 is 0 Å². The minimum Gasteiger partial charge on any atom is -0.458 e. The molecule has 0 fully saturated rings. The molecule has 0 saturated carbocycles. The van der Waals surface area contributed by atoms with Gasteiger partial charge in [0.05, 0.1) is 0 Å². The zero-order chi connectivity index (χ0) is 28.8. The molecule has 2 heteroatoms. The molecular formula is C38H68O2. The maximum Gasteiger partial charge on any atom is 0.306 e. The molecule has 232 valence electrons. The summed E-state index contributed by atoms with van der Waals surface area (Å²) in [7, 11) is 0. The van der Waals surface area contributed by atoms with Crippen LogP contribution < -0.4 is 0 Å². The van der Waals surface area contributed by atoms with Crippen molar-refractivity contribution in [3.05, 3.63) is 35.9 Å². The minimum atomic E-state index is -0.150. The van der Waals surface area contributed by atoms with E-state index in [-0.39, 0.29) is 12.1 Å². The number of esters is 1. The maximum atomic E-state index is 12.0. The first-order valence-corrected chi connectivity index (χ1v) is 18.0. The molecule has 1 atom stereocenters. The topological polar surface area (TPSA) is 26.3 Å². The molecule has 0 amide bonds. The van der Waals surface area contributed by atoms with Gasteiger partial charge in [0.1, 0.15) is 6.10 Å². The van der Waals surface area contributed by atoms with Crippen molar-refractivity contribution in [2.75, 3.05) is 0 Å². The van der Waals surface area contributed by atoms with Gasteiger partial charge in [0.2, 0.25) is 0 Å². The summed E-state index contributed by atoms with van der Waals surface area (Å²) in [5.41, 5.74) is 1.07. The van der Waals surface area contributed by atoms with Gasteiger partial charge in [-0.25, -0.2) is 0 Å². The van der Waals surface area contributed by atoms with Crippen LogP contribution in [0.2, 0.25) is 0 Å². The second kappa shape index (κ2) is 29.2. The highest BCUT2D eigenvalue weighted by atomic mass is 16.5. The fourth-order valence-electron chi connectivity index (χ4n) is 5.81. The van der Waals surface area contributed by atoms with Crippen molar-refractivity contribution in [3.63, 3.8) is 0 Å². The van der Waals surface area contributed by atoms with Crippen molar-refractivity contribution in [2.45, 2.75) is 200 Å². The van der Waals surface area contributed by atoms with E-state index in [9.17, 15) is 4.79 Å². The van der Waals surface area contributed by atoms with E-state index in [1.807, 2.05) is 37.3 Å². The van der Waals surface area contributed by atoms with Gasteiger partial charge >= 0.3 is 5.97 Å². The summed E-state index contributed by atoms with van der Waals surface area (Å²) in [5, 5.41) is 0. The first-order valence-electron chi connectivity index (χ1n) is 18.0. The molecule has 0 heterocycles. The average molecular weight is 557 g/mol. The van der Waals surface area contributed by atoms with E-state index in [4.69, 9.17) is 4.74 Å². The molecular weight excluding hydrogens is 488 g/mol. The Kier molecular flexibility index (Phi) is 26.8. The summed E-state index contributed by atoms with van der Waals surface area (Å²) in [4.78, 5) is 12.0. The second-order valence-electron chi connectivity index (χ2n) is 12.5. The number of rotatable bonds is 30. The van der Waals surface area contributed by atoms with E-state index in [2.05, 4.69) is 6.92 Å². The zero-order valence-corrected chi connectivity index (χ0v) is 27.1. The van der Waals surface area contributed by atoms with Gasteiger partial charge in [0.25, 0.3) is 0 Å². The zero-order valence-electron chi connectivity index (χ0n) is 27.1. The second-order valence-corrected chi connectivity index (χ2v) is 12.5. The van der Waals surface area contributed by atoms with Crippen molar-refractivity contribution >= 4 is 5.97 Å². The predicted octanol–water partition coefficient (Wildman–Crippen LogP) is 13.2. The van der Waals surface area contributed by atoms with Gasteiger partial charge in [-0.2, -0.15) is 0 Å². The predicted molar refractivity (Wildman–Crippen MR) is 176 cm³/mol. The van der Waals surface area contributed by atoms with Crippen LogP contribution in [0.4, 0.5) is 0 Å². The van der Waals surface area contributed by atoms with E-state index in [1.165, 1.54) is 161 Å². The first kappa shape index (κ1) is 36.7. The number of hydrogen-bond acceptors (Lipinski definition) is 2. The maximum absolute atomic E-state index is 12.0. The Morgan fingerprint density at radius 3 is 1.12 bits per heavy atom. The van der Waals surface area contributed by atoms with Crippen LogP contribution in [0, 0.1) is 0 Å². The van der Waals surface area contributed by atoms with Crippen LogP contribution in [0.25, 0.3) is 0 Å². The standard InChI is InChI=1S/C38H68O2/c1-3-4-5-6-7-8-9-10-11-12-13-14-15-16-17-18-19-20-21-22-23-24-25-26-27-28-32-35-38(39)40-36(2)37-33-30-29-31-34-37/h29-31,33-34,36H,3-28,32,35H2,1-2H3. The molecule has 0 aromatic heterocycles. The fourth-order valence-corrected chi connectivity index (χ4v) is 5.81. The molecule has 0 saturated heterocycles. The lowest BCUT2D eigenvalue weighted by Crippen LogP contribution is -2.08. The van der Waals surface area contributed by atoms with Crippen molar-refractivity contribution in [1.29, 1.82) is 0 Å². The third kappa shape index (κ3) is 24.5. The monoisotopic (exact) mass is 557 g/mol. The summed E-state index contributed by atoms with van der Waals surface area (Å²) >= 11 is 0. The lowest BCUT2D eigenvalue weighted by molar-refractivity contribution is -0.148. The van der Waals surface area contributed by atoms with E-state index >= 15 is 0 Å². The highest BCUT2D eigenvalue weighted by Crippen LogP contribution is 2.19. The summed E-state index contributed by atoms with van der Waals surface area (Å²) in [6.45, 7) is 4.25. The van der Waals surface area contributed by atoms with Crippen LogP contribution in [0.5, 0.6) is 0 Å². The van der Waals surface area contributed by atoms with E-state index in [0.29, 0.717) is 6.42 Å². The number of carbonyl (C=O) groups excluding carboxylic acids is 1. The Bertz CT molecular complexity index is 640. The Morgan fingerprint density at radius 1 is 0.500 bits per heavy atom. The summed E-state index contributed by atoms with van der Waals surface area (Å²) in [6.07, 6.45) is 38.3. The van der Waals surface area contributed by atoms with Gasteiger partial charge in [0.15, 0.2) is 0 Å². The Morgan fingerprint density at radius 2 is 0.800 bits per heavy atom. The quantitative estimate of drug-likeness (QED) is 0.0695. The van der Waals surface area contributed by atoms with Gasteiger partial charge < -0.3 is 4.74 Å². The molecule has 1 aromatic rings. The lowest BCUT2D eigenvalue weighted by Gasteiger charge is -2.13. The smallest absolute Gasteiger partial charge is 0.306 e. The van der Waals surface area contributed by atoms with Crippen molar-refractivity contribution < 1.29 is 9.53 Å². The number of carbonyl (C=O) groups is 1. The van der Waals surface area contributed by atoms with Crippen LogP contribution in [0.3, 0.4) is 0 Å². The van der Waals surface area contributed by atoms with Crippen LogP contribution in [-0.4, -0.2) is 5.97 Å². The van der Waals surface area contributed by atoms with Crippen LogP contribution in [0.1, 0.15) is 205 Å². The molecule has 0 spiro atoms. The van der Waals surface area contributed by atoms with Gasteiger partial charge in [-0.1, -0.05) is 204 Å². The minimum absolute atomic E-state index is 0.0593. The molecule has 40 heavy (non-hydrogen) atoms. The Labute approximate surface area is 250 Å². The molecule has 0 aliphatic carbocycles. The van der Waals surface area contributed by atoms with E-state index < -0.39 is 0 Å². The number of benzene rings is 1. The third-order valence-corrected chi connectivity index (χ3v) is 8.56. The SMILES string of the molecule is CCCCCCCCCCCCCCCCCCCCCCCCCCCCCC(=O)OC(C)c1ccccc1. The Balaban J connectivity index is 1.69. The Hall–Kier alpha value is -1.31. The van der Waals surface area contributed by atoms with Crippen LogP contribution in [0.15, 0.2) is 30.3 Å².